The van der Waals surface area contributed by atoms with Gasteiger partial charge in [0.1, 0.15) is 0 Å². The molecule has 0 aliphatic heterocycles. The monoisotopic (exact) mass is 548 g/mol. The van der Waals surface area contributed by atoms with Crippen molar-refractivity contribution in [1.82, 2.24) is 19.9 Å². The number of aromatic nitrogens is 4. The third kappa shape index (κ3) is 5.91. The number of hydrogen-bond donors (Lipinski definition) is 3. The van der Waals surface area contributed by atoms with Crippen LogP contribution in [-0.2, 0) is 6.18 Å². The highest BCUT2D eigenvalue weighted by Gasteiger charge is 2.33. The predicted octanol–water partition coefficient (Wildman–Crippen LogP) is 7.83. The number of carbonyl (C=O) groups is 1. The molecule has 0 radical (unpaired) electrons. The van der Waals surface area contributed by atoms with Crippen molar-refractivity contribution in [2.75, 3.05) is 10.6 Å². The third-order valence-electron chi connectivity index (χ3n) is 5.77. The summed E-state index contributed by atoms with van der Waals surface area (Å²) in [7, 11) is 0. The second kappa shape index (κ2) is 10.6. The van der Waals surface area contributed by atoms with Crippen molar-refractivity contribution < 1.29 is 18.0 Å². The molecule has 0 aliphatic rings. The molecule has 0 atom stereocenters. The first-order valence-electron chi connectivity index (χ1n) is 11.7. The third-order valence-corrected chi connectivity index (χ3v) is 6.10. The SMILES string of the molecule is Cc1ccc(NC(=O)Nc2ccc(Cl)c(C(F)(F)F)c2)cc1-c1nc(-c2ccccc2)nc(-c2ccc[nH]2)n1. The summed E-state index contributed by atoms with van der Waals surface area (Å²) >= 11 is 5.66. The fourth-order valence-corrected chi connectivity index (χ4v) is 4.08. The highest BCUT2D eigenvalue weighted by molar-refractivity contribution is 6.31. The molecule has 0 saturated heterocycles. The van der Waals surface area contributed by atoms with Gasteiger partial charge in [-0.05, 0) is 55.0 Å². The maximum Gasteiger partial charge on any atom is 0.417 e. The van der Waals surface area contributed by atoms with Crippen molar-refractivity contribution in [3.63, 3.8) is 0 Å². The molecule has 0 spiro atoms. The molecule has 0 aliphatic carbocycles. The largest absolute Gasteiger partial charge is 0.417 e. The Morgan fingerprint density at radius 2 is 1.49 bits per heavy atom. The number of H-pyrrole nitrogens is 1. The van der Waals surface area contributed by atoms with Crippen LogP contribution < -0.4 is 10.6 Å². The number of carbonyl (C=O) groups excluding carboxylic acids is 1. The minimum Gasteiger partial charge on any atom is -0.359 e. The van der Waals surface area contributed by atoms with Gasteiger partial charge >= 0.3 is 12.2 Å². The lowest BCUT2D eigenvalue weighted by molar-refractivity contribution is -0.137. The van der Waals surface area contributed by atoms with Crippen molar-refractivity contribution in [3.05, 3.63) is 101 Å². The Balaban J connectivity index is 1.46. The smallest absolute Gasteiger partial charge is 0.359 e. The zero-order chi connectivity index (χ0) is 27.6. The Morgan fingerprint density at radius 1 is 0.821 bits per heavy atom. The normalized spacial score (nSPS) is 11.3. The fraction of sp³-hybridized carbons (Fsp3) is 0.0714. The molecule has 3 aromatic carbocycles. The average Bonchev–Trinajstić information content (AvgIpc) is 3.46. The van der Waals surface area contributed by atoms with E-state index in [2.05, 4.69) is 25.6 Å². The maximum atomic E-state index is 13.2. The number of anilines is 2. The number of nitrogens with one attached hydrogen (secondary N) is 3. The number of halogens is 4. The number of amides is 2. The highest BCUT2D eigenvalue weighted by atomic mass is 35.5. The fourth-order valence-electron chi connectivity index (χ4n) is 3.86. The van der Waals surface area contributed by atoms with E-state index in [4.69, 9.17) is 16.6 Å². The zero-order valence-corrected chi connectivity index (χ0v) is 21.1. The molecule has 0 unspecified atom stereocenters. The number of hydrogen-bond acceptors (Lipinski definition) is 4. The van der Waals surface area contributed by atoms with Crippen molar-refractivity contribution in [1.29, 1.82) is 0 Å². The lowest BCUT2D eigenvalue weighted by Crippen LogP contribution is -2.20. The van der Waals surface area contributed by atoms with Crippen molar-refractivity contribution >= 4 is 29.0 Å². The first kappa shape index (κ1) is 25.9. The minimum atomic E-state index is -4.65. The Bertz CT molecular complexity index is 1640. The lowest BCUT2D eigenvalue weighted by Gasteiger charge is -2.13. The molecule has 5 aromatic rings. The van der Waals surface area contributed by atoms with Gasteiger partial charge < -0.3 is 15.6 Å². The van der Waals surface area contributed by atoms with Gasteiger partial charge in [-0.2, -0.15) is 13.2 Å². The molecule has 0 bridgehead atoms. The molecule has 0 fully saturated rings. The molecule has 11 heteroatoms. The van der Waals surface area contributed by atoms with Crippen LogP contribution in [0.25, 0.3) is 34.3 Å². The topological polar surface area (TPSA) is 95.6 Å². The molecule has 5 rings (SSSR count). The van der Waals surface area contributed by atoms with E-state index in [0.29, 0.717) is 34.4 Å². The number of nitrogens with zero attached hydrogens (tertiary/aromatic N) is 3. The van der Waals surface area contributed by atoms with Crippen LogP contribution in [0.5, 0.6) is 0 Å². The molecule has 2 aromatic heterocycles. The van der Waals surface area contributed by atoms with Gasteiger partial charge in [0.25, 0.3) is 0 Å². The Labute approximate surface area is 226 Å². The molecule has 39 heavy (non-hydrogen) atoms. The van der Waals surface area contributed by atoms with E-state index in [1.54, 1.807) is 24.4 Å². The molecule has 196 valence electrons. The van der Waals surface area contributed by atoms with E-state index in [0.717, 1.165) is 23.3 Å². The summed E-state index contributed by atoms with van der Waals surface area (Å²) in [5.74, 6) is 1.31. The van der Waals surface area contributed by atoms with Crippen LogP contribution in [0.1, 0.15) is 11.1 Å². The predicted molar refractivity (Wildman–Crippen MR) is 144 cm³/mol. The average molecular weight is 549 g/mol. The molecule has 0 saturated carbocycles. The van der Waals surface area contributed by atoms with Crippen LogP contribution in [0.4, 0.5) is 29.3 Å². The van der Waals surface area contributed by atoms with E-state index in [1.165, 1.54) is 6.07 Å². The van der Waals surface area contributed by atoms with Crippen LogP contribution in [-0.4, -0.2) is 26.0 Å². The lowest BCUT2D eigenvalue weighted by atomic mass is 10.1. The molecule has 7 nitrogen and oxygen atoms in total. The van der Waals surface area contributed by atoms with Gasteiger partial charge in [-0.15, -0.1) is 0 Å². The van der Waals surface area contributed by atoms with E-state index >= 15 is 0 Å². The van der Waals surface area contributed by atoms with Crippen LogP contribution in [0, 0.1) is 6.92 Å². The summed E-state index contributed by atoms with van der Waals surface area (Å²) < 4.78 is 39.5. The Kier molecular flexibility index (Phi) is 7.03. The summed E-state index contributed by atoms with van der Waals surface area (Å²) in [6.07, 6.45) is -2.88. The maximum absolute atomic E-state index is 13.2. The zero-order valence-electron chi connectivity index (χ0n) is 20.3. The standard InChI is InChI=1S/C28H20ClF3N6O/c1-16-9-10-18(34-27(39)35-19-11-12-22(29)21(15-19)28(30,31)32)14-20(16)25-36-24(17-6-3-2-4-7-17)37-26(38-25)23-8-5-13-33-23/h2-15,33H,1H3,(H2,34,35,39). The summed E-state index contributed by atoms with van der Waals surface area (Å²) in [6.45, 7) is 1.88. The number of rotatable bonds is 5. The van der Waals surface area contributed by atoms with Gasteiger partial charge in [0.15, 0.2) is 17.5 Å². The molecule has 3 N–H and O–H groups in total. The first-order chi connectivity index (χ1) is 18.7. The summed E-state index contributed by atoms with van der Waals surface area (Å²) in [5, 5.41) is 4.60. The number of alkyl halides is 3. The van der Waals surface area contributed by atoms with Crippen LogP contribution in [0.3, 0.4) is 0 Å². The van der Waals surface area contributed by atoms with E-state index in [9.17, 15) is 18.0 Å². The number of urea groups is 1. The Hall–Kier alpha value is -4.70. The summed E-state index contributed by atoms with van der Waals surface area (Å²) in [5.41, 5.74) is 2.30. The number of aryl methyl sites for hydroxylation is 1. The number of aromatic amines is 1. The second-order valence-electron chi connectivity index (χ2n) is 8.56. The van der Waals surface area contributed by atoms with E-state index in [1.807, 2.05) is 49.4 Å². The first-order valence-corrected chi connectivity index (χ1v) is 12.1. The minimum absolute atomic E-state index is 0.0582. The van der Waals surface area contributed by atoms with E-state index in [-0.39, 0.29) is 5.69 Å². The van der Waals surface area contributed by atoms with Gasteiger partial charge in [-0.1, -0.05) is 48.0 Å². The van der Waals surface area contributed by atoms with Crippen molar-refractivity contribution in [2.45, 2.75) is 13.1 Å². The molecule has 2 heterocycles. The molecule has 2 amide bonds. The second-order valence-corrected chi connectivity index (χ2v) is 8.96. The van der Waals surface area contributed by atoms with Gasteiger partial charge in [0.2, 0.25) is 0 Å². The van der Waals surface area contributed by atoms with Gasteiger partial charge in [0, 0.05) is 28.7 Å². The molecular weight excluding hydrogens is 529 g/mol. The quantitative estimate of drug-likeness (QED) is 0.208. The van der Waals surface area contributed by atoms with Crippen LogP contribution in [0.15, 0.2) is 85.1 Å². The Morgan fingerprint density at radius 3 is 2.18 bits per heavy atom. The number of benzene rings is 3. The summed E-state index contributed by atoms with van der Waals surface area (Å²) in [4.78, 5) is 29.7. The van der Waals surface area contributed by atoms with Gasteiger partial charge in [-0.3, -0.25) is 0 Å². The van der Waals surface area contributed by atoms with Crippen molar-refractivity contribution in [3.8, 4) is 34.3 Å². The van der Waals surface area contributed by atoms with Gasteiger partial charge in [0.05, 0.1) is 16.3 Å². The van der Waals surface area contributed by atoms with Crippen LogP contribution in [0.2, 0.25) is 5.02 Å². The van der Waals surface area contributed by atoms with E-state index < -0.39 is 22.8 Å². The van der Waals surface area contributed by atoms with Gasteiger partial charge in [-0.25, -0.2) is 19.7 Å². The molecular formula is C28H20ClF3N6O. The van der Waals surface area contributed by atoms with Crippen LogP contribution >= 0.6 is 11.6 Å². The van der Waals surface area contributed by atoms with Crippen molar-refractivity contribution in [2.24, 2.45) is 0 Å². The summed E-state index contributed by atoms with van der Waals surface area (Å²) in [6, 6.07) is 20.7. The highest BCUT2D eigenvalue weighted by Crippen LogP contribution is 2.36.